The van der Waals surface area contributed by atoms with Crippen LogP contribution in [-0.4, -0.2) is 15.0 Å². The highest BCUT2D eigenvalue weighted by Gasteiger charge is 2.16. The van der Waals surface area contributed by atoms with Gasteiger partial charge in [0.25, 0.3) is 5.56 Å². The van der Waals surface area contributed by atoms with Gasteiger partial charge in [-0.3, -0.25) is 18.7 Å². The number of hydrogen-bond donors (Lipinski definition) is 1. The van der Waals surface area contributed by atoms with E-state index in [0.29, 0.717) is 34.3 Å². The number of hydrogen-bond acceptors (Lipinski definition) is 5. The normalized spacial score (nSPS) is 10.8. The number of aromatic nitrogens is 2. The quantitative estimate of drug-likeness (QED) is 0.424. The van der Waals surface area contributed by atoms with Crippen LogP contribution in [0, 0.1) is 18.3 Å². The Morgan fingerprint density at radius 3 is 2.59 bits per heavy atom. The Bertz CT molecular complexity index is 1490. The Kier molecular flexibility index (Phi) is 7.04. The summed E-state index contributed by atoms with van der Waals surface area (Å²) in [7, 11) is 0. The van der Waals surface area contributed by atoms with E-state index in [0.717, 1.165) is 11.1 Å². The number of fused-ring (bicyclic) bond motifs is 1. The van der Waals surface area contributed by atoms with Gasteiger partial charge in [-0.15, -0.1) is 11.3 Å². The SMILES string of the molecule is Cc1ccc(CNC(=O)CCCn2c(=O)c3sccc3n(Cc3ccccc3C#N)c2=O)cc1. The van der Waals surface area contributed by atoms with Crippen molar-refractivity contribution < 1.29 is 4.79 Å². The summed E-state index contributed by atoms with van der Waals surface area (Å²) >= 11 is 1.28. The number of carbonyl (C=O) groups is 1. The molecule has 0 aliphatic carbocycles. The Morgan fingerprint density at radius 1 is 1.06 bits per heavy atom. The van der Waals surface area contributed by atoms with Gasteiger partial charge in [0, 0.05) is 19.5 Å². The molecular formula is C26H24N4O3S. The molecule has 4 rings (SSSR count). The Balaban J connectivity index is 1.50. The summed E-state index contributed by atoms with van der Waals surface area (Å²) in [5.41, 5.74) is 3.13. The average Bonchev–Trinajstić information content (AvgIpc) is 3.34. The molecule has 0 aliphatic rings. The summed E-state index contributed by atoms with van der Waals surface area (Å²) in [6.45, 7) is 2.77. The molecule has 2 aromatic heterocycles. The summed E-state index contributed by atoms with van der Waals surface area (Å²) in [6, 6.07) is 18.9. The van der Waals surface area contributed by atoms with Crippen molar-refractivity contribution in [2.75, 3.05) is 0 Å². The van der Waals surface area contributed by atoms with E-state index in [2.05, 4.69) is 11.4 Å². The van der Waals surface area contributed by atoms with Crippen LogP contribution in [0.1, 0.15) is 35.1 Å². The highest BCUT2D eigenvalue weighted by Crippen LogP contribution is 2.17. The second kappa shape index (κ2) is 10.3. The summed E-state index contributed by atoms with van der Waals surface area (Å²) in [5.74, 6) is -0.130. The second-order valence-electron chi connectivity index (χ2n) is 8.10. The zero-order chi connectivity index (χ0) is 24.1. The zero-order valence-electron chi connectivity index (χ0n) is 18.8. The topological polar surface area (TPSA) is 96.9 Å². The largest absolute Gasteiger partial charge is 0.352 e. The molecule has 1 N–H and O–H groups in total. The van der Waals surface area contributed by atoms with Crippen molar-refractivity contribution in [2.24, 2.45) is 0 Å². The Labute approximate surface area is 200 Å². The van der Waals surface area contributed by atoms with Crippen LogP contribution >= 0.6 is 11.3 Å². The molecule has 0 saturated heterocycles. The molecule has 172 valence electrons. The van der Waals surface area contributed by atoms with Crippen molar-refractivity contribution in [2.45, 2.75) is 39.4 Å². The number of rotatable bonds is 8. The smallest absolute Gasteiger partial charge is 0.331 e. The number of carbonyl (C=O) groups excluding carboxylic acids is 1. The molecule has 8 heteroatoms. The molecule has 7 nitrogen and oxygen atoms in total. The van der Waals surface area contributed by atoms with E-state index in [1.54, 1.807) is 29.6 Å². The molecule has 0 unspecified atom stereocenters. The minimum atomic E-state index is -0.441. The van der Waals surface area contributed by atoms with Gasteiger partial charge in [0.2, 0.25) is 5.91 Å². The van der Waals surface area contributed by atoms with Crippen LogP contribution in [0.25, 0.3) is 10.2 Å². The van der Waals surface area contributed by atoms with Gasteiger partial charge in [0.1, 0.15) is 4.70 Å². The minimum Gasteiger partial charge on any atom is -0.352 e. The maximum Gasteiger partial charge on any atom is 0.331 e. The van der Waals surface area contributed by atoms with Crippen molar-refractivity contribution in [3.8, 4) is 6.07 Å². The molecule has 0 radical (unpaired) electrons. The monoisotopic (exact) mass is 472 g/mol. The zero-order valence-corrected chi connectivity index (χ0v) is 19.6. The van der Waals surface area contributed by atoms with E-state index in [1.807, 2.05) is 37.3 Å². The molecule has 34 heavy (non-hydrogen) atoms. The van der Waals surface area contributed by atoms with Crippen LogP contribution < -0.4 is 16.6 Å². The maximum atomic E-state index is 13.3. The van der Waals surface area contributed by atoms with Crippen LogP contribution in [0.15, 0.2) is 69.6 Å². The first-order chi connectivity index (χ1) is 16.5. The number of nitriles is 1. The molecular weight excluding hydrogens is 448 g/mol. The number of nitrogens with one attached hydrogen (secondary N) is 1. The molecule has 0 atom stereocenters. The van der Waals surface area contributed by atoms with Crippen molar-refractivity contribution in [1.29, 1.82) is 5.26 Å². The van der Waals surface area contributed by atoms with Crippen molar-refractivity contribution >= 4 is 27.5 Å². The predicted octanol–water partition coefficient (Wildman–Crippen LogP) is 3.55. The Hall–Kier alpha value is -3.96. The standard InChI is InChI=1S/C26H24N4O3S/c1-18-8-10-19(11-9-18)16-28-23(31)7-4-13-29-25(32)24-22(12-14-34-24)30(26(29)33)17-21-6-3-2-5-20(21)15-27/h2-3,5-6,8-12,14H,4,7,13,16-17H2,1H3,(H,28,31). The van der Waals surface area contributed by atoms with Gasteiger partial charge in [0.05, 0.1) is 23.7 Å². The van der Waals surface area contributed by atoms with Crippen LogP contribution in [0.2, 0.25) is 0 Å². The molecule has 0 spiro atoms. The molecule has 2 aromatic carbocycles. The minimum absolute atomic E-state index is 0.130. The highest BCUT2D eigenvalue weighted by molar-refractivity contribution is 7.17. The van der Waals surface area contributed by atoms with Gasteiger partial charge in [-0.2, -0.15) is 5.26 Å². The first kappa shape index (κ1) is 23.2. The molecule has 0 bridgehead atoms. The Morgan fingerprint density at radius 2 is 1.82 bits per heavy atom. The first-order valence-electron chi connectivity index (χ1n) is 11.0. The lowest BCUT2D eigenvalue weighted by Crippen LogP contribution is -2.40. The van der Waals surface area contributed by atoms with Gasteiger partial charge in [-0.1, -0.05) is 48.0 Å². The molecule has 0 fully saturated rings. The van der Waals surface area contributed by atoms with Crippen LogP contribution in [-0.2, 0) is 24.4 Å². The lowest BCUT2D eigenvalue weighted by atomic mass is 10.1. The van der Waals surface area contributed by atoms with E-state index < -0.39 is 5.69 Å². The van der Waals surface area contributed by atoms with Crippen molar-refractivity contribution in [1.82, 2.24) is 14.5 Å². The lowest BCUT2D eigenvalue weighted by Gasteiger charge is -2.13. The van der Waals surface area contributed by atoms with Crippen molar-refractivity contribution in [3.05, 3.63) is 103 Å². The first-order valence-corrected chi connectivity index (χ1v) is 11.9. The van der Waals surface area contributed by atoms with E-state index >= 15 is 0 Å². The summed E-state index contributed by atoms with van der Waals surface area (Å²) < 4.78 is 3.21. The molecule has 4 aromatic rings. The van der Waals surface area contributed by atoms with Crippen LogP contribution in [0.3, 0.4) is 0 Å². The second-order valence-corrected chi connectivity index (χ2v) is 9.01. The predicted molar refractivity (Wildman–Crippen MR) is 133 cm³/mol. The maximum absolute atomic E-state index is 13.3. The number of amides is 1. The van der Waals surface area contributed by atoms with Gasteiger partial charge in [-0.25, -0.2) is 4.79 Å². The van der Waals surface area contributed by atoms with E-state index in [-0.39, 0.29) is 31.0 Å². The molecule has 2 heterocycles. The van der Waals surface area contributed by atoms with Crippen LogP contribution in [0.5, 0.6) is 0 Å². The van der Waals surface area contributed by atoms with Gasteiger partial charge < -0.3 is 5.32 Å². The van der Waals surface area contributed by atoms with E-state index in [9.17, 15) is 19.6 Å². The third-order valence-corrected chi connectivity index (χ3v) is 6.59. The van der Waals surface area contributed by atoms with Gasteiger partial charge >= 0.3 is 5.69 Å². The molecule has 0 aliphatic heterocycles. The fourth-order valence-corrected chi connectivity index (χ4v) is 4.66. The van der Waals surface area contributed by atoms with Gasteiger partial charge in [-0.05, 0) is 42.0 Å². The van der Waals surface area contributed by atoms with Gasteiger partial charge in [0.15, 0.2) is 0 Å². The third kappa shape index (κ3) is 5.00. The summed E-state index contributed by atoms with van der Waals surface area (Å²) in [6.07, 6.45) is 0.567. The van der Waals surface area contributed by atoms with E-state index in [4.69, 9.17) is 0 Å². The van der Waals surface area contributed by atoms with Crippen molar-refractivity contribution in [3.63, 3.8) is 0 Å². The fraction of sp³-hybridized carbons (Fsp3) is 0.231. The number of nitrogens with zero attached hydrogens (tertiary/aromatic N) is 3. The molecule has 0 saturated carbocycles. The number of thiophene rings is 1. The third-order valence-electron chi connectivity index (χ3n) is 5.70. The fourth-order valence-electron chi connectivity index (χ4n) is 3.81. The summed E-state index contributed by atoms with van der Waals surface area (Å²) in [5, 5.41) is 14.1. The van der Waals surface area contributed by atoms with E-state index in [1.165, 1.54) is 20.5 Å². The number of benzene rings is 2. The summed E-state index contributed by atoms with van der Waals surface area (Å²) in [4.78, 5) is 38.5. The highest BCUT2D eigenvalue weighted by atomic mass is 32.1. The lowest BCUT2D eigenvalue weighted by molar-refractivity contribution is -0.121. The van der Waals surface area contributed by atoms with Crippen LogP contribution in [0.4, 0.5) is 0 Å². The molecule has 1 amide bonds. The average molecular weight is 473 g/mol. The number of aryl methyl sites for hydroxylation is 1.